The van der Waals surface area contributed by atoms with Gasteiger partial charge in [-0.2, -0.15) is 0 Å². The Morgan fingerprint density at radius 3 is 2.36 bits per heavy atom. The standard InChI is InChI=1S/C14H17N4O5PS/c1-9-8-10(2)16-14(15-9)17-24(20)18-25(21,22)12-7-5-4-6-11(12)13(19)23-3/h4-8,24H,1-3H3,(H2,15,16,17,18,20). The van der Waals surface area contributed by atoms with E-state index < -0.39 is 24.1 Å². The number of methoxy groups -OCH3 is 1. The van der Waals surface area contributed by atoms with Gasteiger partial charge in [0.2, 0.25) is 24.1 Å². The van der Waals surface area contributed by atoms with E-state index in [9.17, 15) is 17.8 Å². The molecule has 0 saturated heterocycles. The van der Waals surface area contributed by atoms with E-state index in [0.717, 1.165) is 7.11 Å². The molecule has 1 atom stereocenters. The van der Waals surface area contributed by atoms with Crippen molar-refractivity contribution in [2.75, 3.05) is 12.2 Å². The summed E-state index contributed by atoms with van der Waals surface area (Å²) in [5.41, 5.74) is 1.13. The van der Waals surface area contributed by atoms with Gasteiger partial charge in [-0.15, -0.1) is 4.49 Å². The lowest BCUT2D eigenvalue weighted by molar-refractivity contribution is 0.0596. The summed E-state index contributed by atoms with van der Waals surface area (Å²) in [6.45, 7) is 3.46. The summed E-state index contributed by atoms with van der Waals surface area (Å²) in [6.07, 6.45) is 0. The van der Waals surface area contributed by atoms with Gasteiger partial charge in [0.25, 0.3) is 0 Å². The van der Waals surface area contributed by atoms with Gasteiger partial charge in [-0.1, -0.05) is 12.1 Å². The van der Waals surface area contributed by atoms with Crippen LogP contribution in [0.3, 0.4) is 0 Å². The van der Waals surface area contributed by atoms with Crippen LogP contribution in [0.25, 0.3) is 0 Å². The van der Waals surface area contributed by atoms with Crippen LogP contribution in [0.15, 0.2) is 35.2 Å². The number of aryl methyl sites for hydroxylation is 2. The molecule has 0 aliphatic heterocycles. The highest BCUT2D eigenvalue weighted by atomic mass is 32.2. The second kappa shape index (κ2) is 7.73. The average molecular weight is 384 g/mol. The summed E-state index contributed by atoms with van der Waals surface area (Å²) in [5, 5.41) is 2.43. The van der Waals surface area contributed by atoms with Gasteiger partial charge in [0, 0.05) is 11.4 Å². The summed E-state index contributed by atoms with van der Waals surface area (Å²) in [5.74, 6) is -0.767. The summed E-state index contributed by atoms with van der Waals surface area (Å²) in [7, 11) is -6.12. The second-order valence-corrected chi connectivity index (χ2v) is 8.19. The van der Waals surface area contributed by atoms with Gasteiger partial charge in [-0.05, 0) is 32.0 Å². The maximum Gasteiger partial charge on any atom is 0.339 e. The average Bonchev–Trinajstić information content (AvgIpc) is 2.52. The molecule has 0 saturated carbocycles. The number of anilines is 1. The fraction of sp³-hybridized carbons (Fsp3) is 0.214. The van der Waals surface area contributed by atoms with E-state index in [0.29, 0.717) is 11.4 Å². The molecule has 0 spiro atoms. The van der Waals surface area contributed by atoms with Crippen molar-refractivity contribution in [3.05, 3.63) is 47.3 Å². The Bertz CT molecular complexity index is 912. The molecule has 11 heteroatoms. The van der Waals surface area contributed by atoms with Crippen LogP contribution in [0.2, 0.25) is 0 Å². The minimum absolute atomic E-state index is 0.0466. The Labute approximate surface area is 145 Å². The topological polar surface area (TPSA) is 127 Å². The summed E-state index contributed by atoms with van der Waals surface area (Å²) < 4.78 is 43.6. The number of ether oxygens (including phenoxy) is 1. The molecule has 9 nitrogen and oxygen atoms in total. The second-order valence-electron chi connectivity index (χ2n) is 5.02. The van der Waals surface area contributed by atoms with Gasteiger partial charge >= 0.3 is 5.97 Å². The minimum atomic E-state index is -4.22. The number of nitrogens with zero attached hydrogens (tertiary/aromatic N) is 2. The number of hydrogen-bond donors (Lipinski definition) is 2. The number of carbonyl (C=O) groups excluding carboxylic acids is 1. The Morgan fingerprint density at radius 1 is 1.16 bits per heavy atom. The van der Waals surface area contributed by atoms with E-state index in [1.807, 2.05) is 4.49 Å². The first-order valence-electron chi connectivity index (χ1n) is 7.06. The van der Waals surface area contributed by atoms with Crippen LogP contribution >= 0.6 is 8.10 Å². The molecule has 25 heavy (non-hydrogen) atoms. The lowest BCUT2D eigenvalue weighted by atomic mass is 10.2. The van der Waals surface area contributed by atoms with Crippen LogP contribution < -0.4 is 9.58 Å². The summed E-state index contributed by atoms with van der Waals surface area (Å²) in [4.78, 5) is 19.4. The predicted molar refractivity (Wildman–Crippen MR) is 92.2 cm³/mol. The van der Waals surface area contributed by atoms with E-state index in [2.05, 4.69) is 19.8 Å². The molecule has 1 unspecified atom stereocenters. The van der Waals surface area contributed by atoms with Crippen molar-refractivity contribution in [3.8, 4) is 0 Å². The van der Waals surface area contributed by atoms with Gasteiger partial charge in [0.15, 0.2) is 0 Å². The zero-order valence-corrected chi connectivity index (χ0v) is 15.5. The third-order valence-corrected chi connectivity index (χ3v) is 6.22. The fourth-order valence-corrected chi connectivity index (χ4v) is 4.70. The van der Waals surface area contributed by atoms with E-state index in [1.54, 1.807) is 19.9 Å². The van der Waals surface area contributed by atoms with Gasteiger partial charge in [-0.25, -0.2) is 23.2 Å². The number of nitrogens with one attached hydrogen (secondary N) is 2. The number of rotatable bonds is 6. The molecule has 1 aromatic heterocycles. The Hall–Kier alpha value is -2.29. The van der Waals surface area contributed by atoms with E-state index in [-0.39, 0.29) is 16.4 Å². The maximum atomic E-state index is 12.4. The highest BCUT2D eigenvalue weighted by Gasteiger charge is 2.24. The van der Waals surface area contributed by atoms with Crippen molar-refractivity contribution in [1.29, 1.82) is 0 Å². The molecular formula is C14H17N4O5PS. The molecule has 0 amide bonds. The predicted octanol–water partition coefficient (Wildman–Crippen LogP) is 1.66. The molecule has 2 aromatic rings. The van der Waals surface area contributed by atoms with Crippen molar-refractivity contribution in [3.63, 3.8) is 0 Å². The van der Waals surface area contributed by atoms with Gasteiger partial charge in [-0.3, -0.25) is 9.65 Å². The number of benzene rings is 1. The van der Waals surface area contributed by atoms with Gasteiger partial charge < -0.3 is 4.74 Å². The zero-order valence-electron chi connectivity index (χ0n) is 13.7. The quantitative estimate of drug-likeness (QED) is 0.569. The Morgan fingerprint density at radius 2 is 1.76 bits per heavy atom. The van der Waals surface area contributed by atoms with Crippen LogP contribution in [0.4, 0.5) is 5.95 Å². The highest BCUT2D eigenvalue weighted by molar-refractivity contribution is 7.94. The van der Waals surface area contributed by atoms with E-state index >= 15 is 0 Å². The molecule has 0 fully saturated rings. The minimum Gasteiger partial charge on any atom is -0.465 e. The zero-order chi connectivity index (χ0) is 18.6. The van der Waals surface area contributed by atoms with Crippen LogP contribution in [0.5, 0.6) is 0 Å². The molecule has 0 aliphatic carbocycles. The van der Waals surface area contributed by atoms with Crippen molar-refractivity contribution in [2.24, 2.45) is 0 Å². The third-order valence-electron chi connectivity index (χ3n) is 3.02. The van der Waals surface area contributed by atoms with Gasteiger partial charge in [0.05, 0.1) is 17.6 Å². The van der Waals surface area contributed by atoms with E-state index in [1.165, 1.54) is 24.3 Å². The largest absolute Gasteiger partial charge is 0.465 e. The molecule has 1 heterocycles. The number of sulfonamides is 1. The first-order valence-corrected chi connectivity index (χ1v) is 9.95. The number of hydrogen-bond acceptors (Lipinski definition) is 7. The molecule has 134 valence electrons. The van der Waals surface area contributed by atoms with E-state index in [4.69, 9.17) is 0 Å². The first-order chi connectivity index (χ1) is 11.7. The van der Waals surface area contributed by atoms with Crippen LogP contribution in [-0.4, -0.2) is 31.5 Å². The third kappa shape index (κ3) is 4.85. The van der Waals surface area contributed by atoms with Crippen molar-refractivity contribution in [1.82, 2.24) is 14.5 Å². The number of esters is 1. The monoisotopic (exact) mass is 384 g/mol. The number of aromatic nitrogens is 2. The van der Waals surface area contributed by atoms with Crippen molar-refractivity contribution in [2.45, 2.75) is 18.7 Å². The molecule has 2 N–H and O–H groups in total. The summed E-state index contributed by atoms with van der Waals surface area (Å²) in [6, 6.07) is 7.18. The molecule has 0 aliphatic rings. The molecule has 2 rings (SSSR count). The van der Waals surface area contributed by atoms with Crippen molar-refractivity contribution >= 4 is 30.0 Å². The SMILES string of the molecule is COC(=O)c1ccccc1S(=O)(=O)N[PH](=O)Nc1nc(C)cc(C)n1. The lowest BCUT2D eigenvalue weighted by Crippen LogP contribution is -2.22. The fourth-order valence-electron chi connectivity index (χ4n) is 2.07. The lowest BCUT2D eigenvalue weighted by Gasteiger charge is -2.11. The Kier molecular flexibility index (Phi) is 5.89. The Balaban J connectivity index is 2.24. The van der Waals surface area contributed by atoms with Crippen LogP contribution in [0.1, 0.15) is 21.7 Å². The summed E-state index contributed by atoms with van der Waals surface area (Å²) >= 11 is 0. The maximum absolute atomic E-state index is 12.4. The van der Waals surface area contributed by atoms with Crippen molar-refractivity contribution < 1.29 is 22.5 Å². The smallest absolute Gasteiger partial charge is 0.339 e. The van der Waals surface area contributed by atoms with Crippen LogP contribution in [-0.2, 0) is 19.3 Å². The highest BCUT2D eigenvalue weighted by Crippen LogP contribution is 2.24. The first kappa shape index (κ1) is 19.0. The molecule has 0 radical (unpaired) electrons. The molecular weight excluding hydrogens is 367 g/mol. The molecule has 0 bridgehead atoms. The van der Waals surface area contributed by atoms with Crippen LogP contribution in [0, 0.1) is 13.8 Å². The normalized spacial score (nSPS) is 12.4. The van der Waals surface area contributed by atoms with Gasteiger partial charge in [0.1, 0.15) is 0 Å². The molecule has 1 aromatic carbocycles. The number of carbonyl (C=O) groups is 1.